The zero-order chi connectivity index (χ0) is 17.8. The van der Waals surface area contributed by atoms with Crippen LogP contribution in [-0.4, -0.2) is 0 Å². The van der Waals surface area contributed by atoms with E-state index in [4.69, 9.17) is 0 Å². The van der Waals surface area contributed by atoms with Crippen molar-refractivity contribution in [2.24, 2.45) is 0 Å². The molecule has 0 saturated carbocycles. The summed E-state index contributed by atoms with van der Waals surface area (Å²) in [5.74, 6) is 0. The molecule has 4 aromatic carbocycles. The molecule has 0 fully saturated rings. The molecule has 4 rings (SSSR count). The van der Waals surface area contributed by atoms with Gasteiger partial charge in [-0.1, -0.05) is 91.0 Å². The van der Waals surface area contributed by atoms with E-state index in [0.29, 0.717) is 0 Å². The molecule has 0 aliphatic carbocycles. The van der Waals surface area contributed by atoms with Crippen LogP contribution in [0.1, 0.15) is 0 Å². The van der Waals surface area contributed by atoms with Crippen LogP contribution in [0.2, 0.25) is 0 Å². The first-order valence-corrected chi connectivity index (χ1v) is 9.65. The summed E-state index contributed by atoms with van der Waals surface area (Å²) in [7, 11) is 0. The van der Waals surface area contributed by atoms with E-state index in [2.05, 4.69) is 130 Å². The second kappa shape index (κ2) is 7.75. The molecule has 126 valence electrons. The van der Waals surface area contributed by atoms with Crippen molar-refractivity contribution in [3.05, 3.63) is 103 Å². The topological polar surface area (TPSA) is 12.0 Å². The smallest absolute Gasteiger partial charge is 0.0586 e. The van der Waals surface area contributed by atoms with Crippen molar-refractivity contribution >= 4 is 28.6 Å². The van der Waals surface area contributed by atoms with Crippen molar-refractivity contribution < 1.29 is 0 Å². The molecule has 0 atom stereocenters. The van der Waals surface area contributed by atoms with Gasteiger partial charge in [-0.25, -0.2) is 0 Å². The van der Waals surface area contributed by atoms with Gasteiger partial charge in [-0.05, 0) is 34.4 Å². The van der Waals surface area contributed by atoms with E-state index in [1.54, 1.807) is 0 Å². The van der Waals surface area contributed by atoms with E-state index < -0.39 is 0 Å². The van der Waals surface area contributed by atoms with E-state index in [0.717, 1.165) is 5.69 Å². The maximum atomic E-state index is 3.41. The molecule has 0 amide bonds. The molecule has 0 aromatic heterocycles. The minimum absolute atomic E-state index is 1.14. The Balaban J connectivity index is 2.01. The lowest BCUT2D eigenvalue weighted by Crippen LogP contribution is -1.93. The third-order valence-electron chi connectivity index (χ3n) is 4.51. The number of halogens is 1. The van der Waals surface area contributed by atoms with Crippen LogP contribution in [0.15, 0.2) is 103 Å². The van der Waals surface area contributed by atoms with Crippen molar-refractivity contribution in [2.45, 2.75) is 0 Å². The van der Waals surface area contributed by atoms with Gasteiger partial charge < -0.3 is 3.53 Å². The van der Waals surface area contributed by atoms with Crippen LogP contribution in [-0.2, 0) is 0 Å². The highest BCUT2D eigenvalue weighted by Gasteiger charge is 2.14. The molecule has 4 aromatic rings. The Bertz CT molecular complexity index is 936. The molecule has 26 heavy (non-hydrogen) atoms. The summed E-state index contributed by atoms with van der Waals surface area (Å²) >= 11 is 2.23. The largest absolute Gasteiger partial charge is 0.327 e. The van der Waals surface area contributed by atoms with E-state index in [1.165, 1.54) is 33.4 Å². The number of hydrogen-bond acceptors (Lipinski definition) is 1. The number of anilines is 1. The molecule has 0 heterocycles. The van der Waals surface area contributed by atoms with Gasteiger partial charge >= 0.3 is 0 Å². The first-order chi connectivity index (χ1) is 12.9. The second-order valence-corrected chi connectivity index (χ2v) is 6.68. The first-order valence-electron chi connectivity index (χ1n) is 8.58. The number of nitrogens with one attached hydrogen (secondary N) is 1. The van der Waals surface area contributed by atoms with Gasteiger partial charge in [-0.3, -0.25) is 0 Å². The Hall–Kier alpha value is -2.59. The molecule has 0 aliphatic rings. The lowest BCUT2D eigenvalue weighted by atomic mass is 9.91. The van der Waals surface area contributed by atoms with Gasteiger partial charge in [0, 0.05) is 11.1 Å². The molecule has 2 heteroatoms. The van der Waals surface area contributed by atoms with Gasteiger partial charge in [0.05, 0.1) is 28.6 Å². The number of rotatable bonds is 4. The number of hydrogen-bond donors (Lipinski definition) is 1. The summed E-state index contributed by atoms with van der Waals surface area (Å²) < 4.78 is 3.41. The molecule has 0 aliphatic heterocycles. The van der Waals surface area contributed by atoms with Gasteiger partial charge in [0.2, 0.25) is 0 Å². The maximum absolute atomic E-state index is 3.41. The first kappa shape index (κ1) is 16.9. The summed E-state index contributed by atoms with van der Waals surface area (Å²) in [4.78, 5) is 0. The fraction of sp³-hybridized carbons (Fsp3) is 0. The van der Waals surface area contributed by atoms with E-state index >= 15 is 0 Å². The minimum atomic E-state index is 1.14. The highest BCUT2D eigenvalue weighted by atomic mass is 127. The van der Waals surface area contributed by atoms with Gasteiger partial charge in [0.1, 0.15) is 0 Å². The zero-order valence-corrected chi connectivity index (χ0v) is 16.4. The summed E-state index contributed by atoms with van der Waals surface area (Å²) in [6, 6.07) is 36.2. The fourth-order valence-electron chi connectivity index (χ4n) is 3.23. The summed E-state index contributed by atoms with van der Waals surface area (Å²) in [6.45, 7) is 0. The maximum Gasteiger partial charge on any atom is 0.0586 e. The number of benzene rings is 4. The van der Waals surface area contributed by atoms with Gasteiger partial charge in [-0.15, -0.1) is 0 Å². The normalized spacial score (nSPS) is 10.5. The van der Waals surface area contributed by atoms with Gasteiger partial charge in [-0.2, -0.15) is 0 Å². The Morgan fingerprint density at radius 1 is 0.462 bits per heavy atom. The van der Waals surface area contributed by atoms with Crippen molar-refractivity contribution in [2.75, 3.05) is 3.53 Å². The average Bonchev–Trinajstić information content (AvgIpc) is 2.74. The Morgan fingerprint density at radius 2 is 0.846 bits per heavy atom. The lowest BCUT2D eigenvalue weighted by molar-refractivity contribution is 1.56. The Kier molecular flexibility index (Phi) is 5.02. The SMILES string of the molecule is INc1c(-c2ccccc2)cc(-c2ccccc2)cc1-c1ccccc1. The lowest BCUT2D eigenvalue weighted by Gasteiger charge is -2.17. The van der Waals surface area contributed by atoms with Crippen LogP contribution in [0, 0.1) is 0 Å². The summed E-state index contributed by atoms with van der Waals surface area (Å²) in [6.07, 6.45) is 0. The summed E-state index contributed by atoms with van der Waals surface area (Å²) in [5.41, 5.74) is 8.42. The van der Waals surface area contributed by atoms with Crippen LogP contribution >= 0.6 is 22.9 Å². The van der Waals surface area contributed by atoms with Gasteiger partial charge in [0.25, 0.3) is 0 Å². The molecule has 1 nitrogen and oxygen atoms in total. The standard InChI is InChI=1S/C24H18IN/c25-26-24-22(19-12-6-2-7-13-19)16-21(18-10-4-1-5-11-18)17-23(24)20-14-8-3-9-15-20/h1-17,26H. The Morgan fingerprint density at radius 3 is 1.23 bits per heavy atom. The second-order valence-electron chi connectivity index (χ2n) is 6.14. The van der Waals surface area contributed by atoms with Crippen LogP contribution in [0.5, 0.6) is 0 Å². The van der Waals surface area contributed by atoms with Crippen LogP contribution in [0.3, 0.4) is 0 Å². The predicted molar refractivity (Wildman–Crippen MR) is 120 cm³/mol. The quantitative estimate of drug-likeness (QED) is 0.253. The third-order valence-corrected chi connectivity index (χ3v) is 5.05. The van der Waals surface area contributed by atoms with Crippen molar-refractivity contribution in [1.82, 2.24) is 0 Å². The van der Waals surface area contributed by atoms with Crippen molar-refractivity contribution in [3.63, 3.8) is 0 Å². The third kappa shape index (κ3) is 3.37. The molecule has 0 spiro atoms. The van der Waals surface area contributed by atoms with Crippen LogP contribution < -0.4 is 3.53 Å². The minimum Gasteiger partial charge on any atom is -0.327 e. The molecule has 1 N–H and O–H groups in total. The predicted octanol–water partition coefficient (Wildman–Crippen LogP) is 7.45. The Labute approximate surface area is 168 Å². The van der Waals surface area contributed by atoms with Crippen molar-refractivity contribution in [3.8, 4) is 33.4 Å². The van der Waals surface area contributed by atoms with Crippen LogP contribution in [0.4, 0.5) is 5.69 Å². The fourth-order valence-corrected chi connectivity index (χ4v) is 3.81. The highest BCUT2D eigenvalue weighted by molar-refractivity contribution is 14.1. The molecule has 0 radical (unpaired) electrons. The van der Waals surface area contributed by atoms with E-state index in [9.17, 15) is 0 Å². The highest BCUT2D eigenvalue weighted by Crippen LogP contribution is 2.41. The molecule has 0 saturated heterocycles. The van der Waals surface area contributed by atoms with Gasteiger partial charge in [0.15, 0.2) is 0 Å². The molecular formula is C24H18IN. The average molecular weight is 447 g/mol. The van der Waals surface area contributed by atoms with E-state index in [1.807, 2.05) is 0 Å². The molecule has 0 bridgehead atoms. The van der Waals surface area contributed by atoms with E-state index in [-0.39, 0.29) is 0 Å². The van der Waals surface area contributed by atoms with Crippen molar-refractivity contribution in [1.29, 1.82) is 0 Å². The summed E-state index contributed by atoms with van der Waals surface area (Å²) in [5, 5.41) is 0. The molecule has 0 unspecified atom stereocenters. The monoisotopic (exact) mass is 447 g/mol. The van der Waals surface area contributed by atoms with Crippen LogP contribution in [0.25, 0.3) is 33.4 Å². The molecular weight excluding hydrogens is 429 g/mol. The zero-order valence-electron chi connectivity index (χ0n) is 14.2.